The van der Waals surface area contributed by atoms with Gasteiger partial charge in [-0.05, 0) is 48.4 Å². The molecule has 0 aliphatic heterocycles. The van der Waals surface area contributed by atoms with Crippen molar-refractivity contribution in [3.63, 3.8) is 0 Å². The average Bonchev–Trinajstić information content (AvgIpc) is 3.56. The number of aryl methyl sites for hydroxylation is 1. The molecule has 0 radical (unpaired) electrons. The molecule has 0 atom stereocenters. The zero-order valence-corrected chi connectivity index (χ0v) is 19.4. The summed E-state index contributed by atoms with van der Waals surface area (Å²) in [4.78, 5) is 0. The van der Waals surface area contributed by atoms with Crippen LogP contribution in [0.2, 0.25) is 0 Å². The molecule has 33 heavy (non-hydrogen) atoms. The van der Waals surface area contributed by atoms with Crippen LogP contribution in [0.4, 0.5) is 17.3 Å². The molecule has 0 unspecified atom stereocenters. The summed E-state index contributed by atoms with van der Waals surface area (Å²) in [7, 11) is -6.00. The quantitative estimate of drug-likeness (QED) is 0.220. The Balaban J connectivity index is 0.000000471. The van der Waals surface area contributed by atoms with Crippen molar-refractivity contribution in [3.8, 4) is 22.4 Å². The molecule has 1 heterocycles. The standard InChI is InChI=1S/C27H30N.BF4/c1-27(2,3)25-17-24(20-9-5-4-6-10-20)23-16-15-21-11-7-8-12-22(21)26(23)28(25)18-19-13-14-19;2-1(3,4)5/h4-12,17,19H,13-16,18H2,1-3H3;/q+1;-1. The summed E-state index contributed by atoms with van der Waals surface area (Å²) < 4.78 is 41.7. The zero-order valence-electron chi connectivity index (χ0n) is 19.4. The first kappa shape index (κ1) is 23.5. The first-order valence-electron chi connectivity index (χ1n) is 11.6. The monoisotopic (exact) mass is 455 g/mol. The van der Waals surface area contributed by atoms with Gasteiger partial charge in [0, 0.05) is 28.5 Å². The Morgan fingerprint density at radius 3 is 2.06 bits per heavy atom. The predicted octanol–water partition coefficient (Wildman–Crippen LogP) is 7.41. The summed E-state index contributed by atoms with van der Waals surface area (Å²) in [5.41, 5.74) is 10.3. The SMILES string of the molecule is CC(C)(C)c1cc(-c2ccccc2)c2c([n+]1CC1CC1)-c1ccccc1CC2.F[B-](F)(F)F. The molecule has 2 aromatic carbocycles. The Bertz CT molecular complexity index is 1120. The van der Waals surface area contributed by atoms with E-state index in [1.165, 1.54) is 53.0 Å². The van der Waals surface area contributed by atoms with E-state index in [2.05, 4.69) is 86.0 Å². The topological polar surface area (TPSA) is 3.88 Å². The minimum absolute atomic E-state index is 0.111. The summed E-state index contributed by atoms with van der Waals surface area (Å²) in [6, 6.07) is 22.6. The van der Waals surface area contributed by atoms with E-state index in [1.54, 1.807) is 5.56 Å². The van der Waals surface area contributed by atoms with E-state index < -0.39 is 7.25 Å². The van der Waals surface area contributed by atoms with Crippen LogP contribution in [-0.4, -0.2) is 7.25 Å². The molecular formula is C27H30BF4N. The van der Waals surface area contributed by atoms with Gasteiger partial charge in [-0.1, -0.05) is 69.3 Å². The van der Waals surface area contributed by atoms with Crippen molar-refractivity contribution in [2.24, 2.45) is 5.92 Å². The van der Waals surface area contributed by atoms with Crippen LogP contribution in [0.15, 0.2) is 60.7 Å². The number of benzene rings is 2. The van der Waals surface area contributed by atoms with Crippen molar-refractivity contribution in [1.82, 2.24) is 0 Å². The maximum absolute atomic E-state index is 9.75. The molecule has 0 saturated heterocycles. The second-order valence-corrected chi connectivity index (χ2v) is 10.1. The number of hydrogen-bond acceptors (Lipinski definition) is 0. The number of nitrogens with zero attached hydrogens (tertiary/aromatic N) is 1. The summed E-state index contributed by atoms with van der Waals surface area (Å²) in [5, 5.41) is 0. The van der Waals surface area contributed by atoms with Gasteiger partial charge in [-0.25, -0.2) is 0 Å². The molecule has 2 aliphatic carbocycles. The highest BCUT2D eigenvalue weighted by molar-refractivity contribution is 6.50. The Hall–Kier alpha value is -2.63. The molecule has 0 spiro atoms. The Morgan fingerprint density at radius 1 is 0.848 bits per heavy atom. The van der Waals surface area contributed by atoms with E-state index in [0.29, 0.717) is 0 Å². The third kappa shape index (κ3) is 5.66. The van der Waals surface area contributed by atoms with Crippen LogP contribution in [0.5, 0.6) is 0 Å². The third-order valence-corrected chi connectivity index (χ3v) is 6.36. The summed E-state index contributed by atoms with van der Waals surface area (Å²) in [5.74, 6) is 0.854. The highest BCUT2D eigenvalue weighted by atomic mass is 19.5. The molecule has 0 amide bonds. The molecule has 1 aromatic heterocycles. The molecule has 0 N–H and O–H groups in total. The highest BCUT2D eigenvalue weighted by Gasteiger charge is 2.38. The number of pyridine rings is 1. The molecule has 174 valence electrons. The van der Waals surface area contributed by atoms with Crippen LogP contribution in [0.25, 0.3) is 22.4 Å². The van der Waals surface area contributed by atoms with E-state index in [1.807, 2.05) is 0 Å². The van der Waals surface area contributed by atoms with Gasteiger partial charge < -0.3 is 17.3 Å². The van der Waals surface area contributed by atoms with Crippen molar-refractivity contribution < 1.29 is 21.8 Å². The van der Waals surface area contributed by atoms with Crippen molar-refractivity contribution in [2.75, 3.05) is 0 Å². The smallest absolute Gasteiger partial charge is 0.418 e. The van der Waals surface area contributed by atoms with Gasteiger partial charge >= 0.3 is 7.25 Å². The van der Waals surface area contributed by atoms with E-state index in [9.17, 15) is 17.3 Å². The Morgan fingerprint density at radius 2 is 1.45 bits per heavy atom. The molecule has 1 saturated carbocycles. The summed E-state index contributed by atoms with van der Waals surface area (Å²) in [6.45, 7) is 8.25. The number of halogens is 4. The Kier molecular flexibility index (Phi) is 6.39. The van der Waals surface area contributed by atoms with Gasteiger partial charge in [0.25, 0.3) is 0 Å². The van der Waals surface area contributed by atoms with Crippen LogP contribution in [0, 0.1) is 5.92 Å². The van der Waals surface area contributed by atoms with Crippen molar-refractivity contribution in [3.05, 3.63) is 77.5 Å². The van der Waals surface area contributed by atoms with Crippen LogP contribution >= 0.6 is 0 Å². The molecular weight excluding hydrogens is 425 g/mol. The molecule has 0 bridgehead atoms. The van der Waals surface area contributed by atoms with Gasteiger partial charge in [-0.2, -0.15) is 4.57 Å². The van der Waals surface area contributed by atoms with Gasteiger partial charge in [-0.15, -0.1) is 0 Å². The van der Waals surface area contributed by atoms with E-state index >= 15 is 0 Å². The summed E-state index contributed by atoms with van der Waals surface area (Å²) >= 11 is 0. The van der Waals surface area contributed by atoms with Crippen LogP contribution in [0.3, 0.4) is 0 Å². The average molecular weight is 455 g/mol. The first-order valence-corrected chi connectivity index (χ1v) is 11.6. The highest BCUT2D eigenvalue weighted by Crippen LogP contribution is 2.40. The molecule has 1 nitrogen and oxygen atoms in total. The Labute approximate surface area is 193 Å². The molecule has 1 fully saturated rings. The maximum atomic E-state index is 9.75. The van der Waals surface area contributed by atoms with E-state index in [0.717, 1.165) is 18.8 Å². The fourth-order valence-electron chi connectivity index (χ4n) is 4.75. The maximum Gasteiger partial charge on any atom is 0.673 e. The third-order valence-electron chi connectivity index (χ3n) is 6.36. The van der Waals surface area contributed by atoms with E-state index in [4.69, 9.17) is 0 Å². The van der Waals surface area contributed by atoms with Gasteiger partial charge in [-0.3, -0.25) is 0 Å². The number of aromatic nitrogens is 1. The normalized spacial score (nSPS) is 15.2. The molecule has 5 rings (SSSR count). The second kappa shape index (κ2) is 8.96. The summed E-state index contributed by atoms with van der Waals surface area (Å²) in [6.07, 6.45) is 5.04. The van der Waals surface area contributed by atoms with Gasteiger partial charge in [0.1, 0.15) is 0 Å². The van der Waals surface area contributed by atoms with Crippen molar-refractivity contribution in [2.45, 2.75) is 58.4 Å². The number of rotatable bonds is 3. The fourth-order valence-corrected chi connectivity index (χ4v) is 4.75. The molecule has 3 aromatic rings. The minimum Gasteiger partial charge on any atom is -0.418 e. The van der Waals surface area contributed by atoms with Crippen molar-refractivity contribution in [1.29, 1.82) is 0 Å². The van der Waals surface area contributed by atoms with Gasteiger partial charge in [0.2, 0.25) is 5.69 Å². The number of hydrogen-bond donors (Lipinski definition) is 0. The van der Waals surface area contributed by atoms with Crippen LogP contribution in [-0.2, 0) is 24.8 Å². The minimum atomic E-state index is -6.00. The van der Waals surface area contributed by atoms with Gasteiger partial charge in [0.15, 0.2) is 12.2 Å². The van der Waals surface area contributed by atoms with Crippen LogP contribution in [0.1, 0.15) is 50.4 Å². The second-order valence-electron chi connectivity index (χ2n) is 10.1. The first-order chi connectivity index (χ1) is 15.5. The predicted molar refractivity (Wildman–Crippen MR) is 127 cm³/mol. The van der Waals surface area contributed by atoms with E-state index in [-0.39, 0.29) is 5.41 Å². The lowest BCUT2D eigenvalue weighted by Crippen LogP contribution is -2.47. The van der Waals surface area contributed by atoms with Gasteiger partial charge in [0.05, 0.1) is 0 Å². The lowest BCUT2D eigenvalue weighted by Gasteiger charge is -2.26. The molecule has 2 aliphatic rings. The lowest BCUT2D eigenvalue weighted by atomic mass is 9.81. The lowest BCUT2D eigenvalue weighted by molar-refractivity contribution is -0.700. The zero-order chi connectivity index (χ0) is 23.8. The van der Waals surface area contributed by atoms with Crippen molar-refractivity contribution >= 4 is 7.25 Å². The number of fused-ring (bicyclic) bond motifs is 3. The largest absolute Gasteiger partial charge is 0.673 e. The fraction of sp³-hybridized carbons (Fsp3) is 0.370. The molecule has 6 heteroatoms. The van der Waals surface area contributed by atoms with Crippen LogP contribution < -0.4 is 4.57 Å².